The zero-order valence-corrected chi connectivity index (χ0v) is 23.7. The quantitative estimate of drug-likeness (QED) is 0.152. The summed E-state index contributed by atoms with van der Waals surface area (Å²) in [6, 6.07) is 16.3. The smallest absolute Gasteiger partial charge is 0.243 e. The predicted molar refractivity (Wildman–Crippen MR) is 155 cm³/mol. The fourth-order valence-electron chi connectivity index (χ4n) is 5.65. The number of hydroxylamine groups is 1. The van der Waals surface area contributed by atoms with Crippen LogP contribution in [-0.4, -0.2) is 52.3 Å². The van der Waals surface area contributed by atoms with Crippen molar-refractivity contribution >= 4 is 11.8 Å². The monoisotopic (exact) mass is 565 g/mol. The molecule has 1 aliphatic carbocycles. The lowest BCUT2D eigenvalue weighted by Gasteiger charge is -2.39. The van der Waals surface area contributed by atoms with Gasteiger partial charge in [0.25, 0.3) is 0 Å². The lowest BCUT2D eigenvalue weighted by atomic mass is 9.99. The fraction of sp³-hybridized carbons (Fsp3) is 0.500. The first-order chi connectivity index (χ1) is 20.0. The Morgan fingerprint density at radius 1 is 0.951 bits per heavy atom. The van der Waals surface area contributed by atoms with Crippen LogP contribution < -0.4 is 10.8 Å². The molecular formula is C32H43N3O6. The van der Waals surface area contributed by atoms with E-state index < -0.39 is 12.2 Å². The predicted octanol–water partition coefficient (Wildman–Crippen LogP) is 4.45. The number of rotatable bonds is 14. The molecule has 4 N–H and O–H groups in total. The third-order valence-corrected chi connectivity index (χ3v) is 7.93. The molecule has 2 aromatic rings. The van der Waals surface area contributed by atoms with E-state index in [1.807, 2.05) is 54.6 Å². The lowest BCUT2D eigenvalue weighted by Crippen LogP contribution is -2.43. The van der Waals surface area contributed by atoms with Gasteiger partial charge in [-0.25, -0.2) is 5.48 Å². The van der Waals surface area contributed by atoms with Gasteiger partial charge in [-0.05, 0) is 36.0 Å². The standard InChI is InChI=1S/C32H43N3O6/c1-2-18-35(27-6-3-4-7-27)21-28-19-29(25-14-12-24(22-36)13-15-25)41-32(40-28)26-16-10-23(11-17-26)20-33-30(37)8-5-9-31(38)34-39/h2,10-17,27-29,32,36,39H,1,3-9,18-22H2,(H,33,37)(H,34,38)/t28-,29+,32+/m0/s1. The zero-order chi connectivity index (χ0) is 29.0. The summed E-state index contributed by atoms with van der Waals surface area (Å²) >= 11 is 0. The first kappa shape index (κ1) is 30.9. The Kier molecular flexibility index (Phi) is 11.9. The molecule has 41 heavy (non-hydrogen) atoms. The van der Waals surface area contributed by atoms with Crippen LogP contribution in [0.4, 0.5) is 0 Å². The number of nitrogens with one attached hydrogen (secondary N) is 2. The van der Waals surface area contributed by atoms with Gasteiger partial charge in [0.2, 0.25) is 11.8 Å². The zero-order valence-electron chi connectivity index (χ0n) is 23.7. The number of amides is 2. The van der Waals surface area contributed by atoms with E-state index in [4.69, 9.17) is 14.7 Å². The summed E-state index contributed by atoms with van der Waals surface area (Å²) in [4.78, 5) is 25.7. The summed E-state index contributed by atoms with van der Waals surface area (Å²) in [5.74, 6) is -0.651. The van der Waals surface area contributed by atoms with Gasteiger partial charge in [0.15, 0.2) is 6.29 Å². The molecule has 3 atom stereocenters. The number of nitrogens with zero attached hydrogens (tertiary/aromatic N) is 1. The number of aliphatic hydroxyl groups is 1. The van der Waals surface area contributed by atoms with Gasteiger partial charge in [-0.15, -0.1) is 6.58 Å². The van der Waals surface area contributed by atoms with Crippen LogP contribution in [-0.2, 0) is 32.2 Å². The van der Waals surface area contributed by atoms with Crippen LogP contribution >= 0.6 is 0 Å². The van der Waals surface area contributed by atoms with Crippen molar-refractivity contribution in [2.45, 2.75) is 89.1 Å². The van der Waals surface area contributed by atoms with Gasteiger partial charge in [-0.2, -0.15) is 0 Å². The normalized spacial score (nSPS) is 21.1. The second-order valence-corrected chi connectivity index (χ2v) is 10.9. The van der Waals surface area contributed by atoms with Gasteiger partial charge in [-0.1, -0.05) is 67.4 Å². The SMILES string of the molecule is C=CCN(C[C@@H]1C[C@H](c2ccc(CO)cc2)O[C@H](c2ccc(CNC(=O)CCCC(=O)NO)cc2)O1)C1CCCC1. The average Bonchev–Trinajstić information content (AvgIpc) is 3.55. The maximum atomic E-state index is 12.1. The molecule has 2 aliphatic rings. The molecule has 1 heterocycles. The van der Waals surface area contributed by atoms with Crippen LogP contribution in [0, 0.1) is 0 Å². The van der Waals surface area contributed by atoms with Crippen molar-refractivity contribution < 1.29 is 29.4 Å². The molecule has 0 spiro atoms. The third kappa shape index (κ3) is 9.21. The molecule has 1 saturated carbocycles. The highest BCUT2D eigenvalue weighted by Crippen LogP contribution is 2.38. The summed E-state index contributed by atoms with van der Waals surface area (Å²) in [5, 5.41) is 20.9. The van der Waals surface area contributed by atoms with Crippen LogP contribution in [0.1, 0.15) is 86.0 Å². The van der Waals surface area contributed by atoms with Gasteiger partial charge in [-0.3, -0.25) is 19.7 Å². The number of carbonyl (C=O) groups excluding carboxylic acids is 2. The largest absolute Gasteiger partial charge is 0.392 e. The molecular weight excluding hydrogens is 522 g/mol. The minimum Gasteiger partial charge on any atom is -0.392 e. The van der Waals surface area contributed by atoms with Crippen molar-refractivity contribution in [3.8, 4) is 0 Å². The minimum atomic E-state index is -0.535. The number of hydrogen-bond acceptors (Lipinski definition) is 7. The van der Waals surface area contributed by atoms with Crippen molar-refractivity contribution in [2.75, 3.05) is 13.1 Å². The summed E-state index contributed by atoms with van der Waals surface area (Å²) in [5.41, 5.74) is 5.35. The number of aliphatic hydroxyl groups excluding tert-OH is 1. The van der Waals surface area contributed by atoms with Crippen LogP contribution in [0.5, 0.6) is 0 Å². The molecule has 9 heteroatoms. The van der Waals surface area contributed by atoms with E-state index in [0.29, 0.717) is 19.0 Å². The van der Waals surface area contributed by atoms with E-state index in [-0.39, 0.29) is 37.6 Å². The van der Waals surface area contributed by atoms with E-state index in [0.717, 1.165) is 41.8 Å². The third-order valence-electron chi connectivity index (χ3n) is 7.93. The Morgan fingerprint density at radius 3 is 2.27 bits per heavy atom. The average molecular weight is 566 g/mol. The van der Waals surface area contributed by atoms with Crippen LogP contribution in [0.15, 0.2) is 61.2 Å². The Labute approximate surface area is 242 Å². The van der Waals surface area contributed by atoms with E-state index in [9.17, 15) is 14.7 Å². The molecule has 1 saturated heterocycles. The Balaban J connectivity index is 1.41. The van der Waals surface area contributed by atoms with Gasteiger partial charge in [0.1, 0.15) is 0 Å². The molecule has 0 unspecified atom stereocenters. The molecule has 9 nitrogen and oxygen atoms in total. The van der Waals surface area contributed by atoms with Crippen LogP contribution in [0.25, 0.3) is 0 Å². The molecule has 4 rings (SSSR count). The number of carbonyl (C=O) groups is 2. The van der Waals surface area contributed by atoms with E-state index in [2.05, 4.69) is 16.8 Å². The molecule has 0 aromatic heterocycles. The second-order valence-electron chi connectivity index (χ2n) is 10.9. The molecule has 2 aromatic carbocycles. The number of benzene rings is 2. The van der Waals surface area contributed by atoms with Gasteiger partial charge < -0.3 is 19.9 Å². The Bertz CT molecular complexity index is 1120. The lowest BCUT2D eigenvalue weighted by molar-refractivity contribution is -0.253. The van der Waals surface area contributed by atoms with E-state index >= 15 is 0 Å². The second kappa shape index (κ2) is 15.8. The summed E-state index contributed by atoms with van der Waals surface area (Å²) in [6.45, 7) is 6.01. The molecule has 0 radical (unpaired) electrons. The summed E-state index contributed by atoms with van der Waals surface area (Å²) < 4.78 is 13.1. The fourth-order valence-corrected chi connectivity index (χ4v) is 5.65. The molecule has 0 bridgehead atoms. The summed E-state index contributed by atoms with van der Waals surface area (Å²) in [7, 11) is 0. The maximum absolute atomic E-state index is 12.1. The van der Waals surface area contributed by atoms with E-state index in [1.165, 1.54) is 25.7 Å². The van der Waals surface area contributed by atoms with Gasteiger partial charge in [0, 0.05) is 50.5 Å². The number of hydrogen-bond donors (Lipinski definition) is 4. The van der Waals surface area contributed by atoms with Crippen LogP contribution in [0.2, 0.25) is 0 Å². The number of ether oxygens (including phenoxy) is 2. The highest BCUT2D eigenvalue weighted by Gasteiger charge is 2.34. The topological polar surface area (TPSA) is 120 Å². The molecule has 2 fully saturated rings. The Hall–Kier alpha value is -3.08. The van der Waals surface area contributed by atoms with Gasteiger partial charge >= 0.3 is 0 Å². The van der Waals surface area contributed by atoms with Crippen molar-refractivity contribution in [3.63, 3.8) is 0 Å². The van der Waals surface area contributed by atoms with Crippen molar-refractivity contribution in [3.05, 3.63) is 83.4 Å². The highest BCUT2D eigenvalue weighted by atomic mass is 16.7. The first-order valence-corrected chi connectivity index (χ1v) is 14.6. The Morgan fingerprint density at radius 2 is 1.61 bits per heavy atom. The highest BCUT2D eigenvalue weighted by molar-refractivity contribution is 5.78. The summed E-state index contributed by atoms with van der Waals surface area (Å²) in [6.07, 6.45) is 7.63. The van der Waals surface area contributed by atoms with Crippen molar-refractivity contribution in [1.29, 1.82) is 0 Å². The molecule has 2 amide bonds. The molecule has 222 valence electrons. The van der Waals surface area contributed by atoms with E-state index in [1.54, 1.807) is 5.48 Å². The maximum Gasteiger partial charge on any atom is 0.243 e. The van der Waals surface area contributed by atoms with Gasteiger partial charge in [0.05, 0.1) is 18.8 Å². The first-order valence-electron chi connectivity index (χ1n) is 14.6. The molecule has 1 aliphatic heterocycles. The van der Waals surface area contributed by atoms with Crippen molar-refractivity contribution in [1.82, 2.24) is 15.7 Å². The minimum absolute atomic E-state index is 0.00569. The van der Waals surface area contributed by atoms with Crippen LogP contribution in [0.3, 0.4) is 0 Å². The van der Waals surface area contributed by atoms with Crippen molar-refractivity contribution in [2.24, 2.45) is 0 Å².